The number of halogens is 1. The Kier molecular flexibility index (Phi) is 6.74. The molecule has 10 heteroatoms. The predicted molar refractivity (Wildman–Crippen MR) is 131 cm³/mol. The number of hydrogen-bond donors (Lipinski definition) is 3. The molecule has 0 aliphatic heterocycles. The highest BCUT2D eigenvalue weighted by atomic mass is 32.1. The number of nitrogens with zero attached hydrogens (tertiary/aromatic N) is 2. The third-order valence-electron chi connectivity index (χ3n) is 5.80. The van der Waals surface area contributed by atoms with Crippen LogP contribution in [0.15, 0.2) is 48.8 Å². The Labute approximate surface area is 205 Å². The van der Waals surface area contributed by atoms with Gasteiger partial charge in [-0.05, 0) is 36.2 Å². The smallest absolute Gasteiger partial charge is 0.261 e. The predicted octanol–water partition coefficient (Wildman–Crippen LogP) is 4.45. The number of thiophene rings is 1. The van der Waals surface area contributed by atoms with E-state index in [1.807, 2.05) is 6.92 Å². The van der Waals surface area contributed by atoms with E-state index < -0.39 is 11.3 Å². The molecular weight excluding hydrogens is 469 g/mol. The van der Waals surface area contributed by atoms with Crippen LogP contribution in [0.4, 0.5) is 4.39 Å². The highest BCUT2D eigenvalue weighted by Gasteiger charge is 2.28. The monoisotopic (exact) mass is 493 g/mol. The SMILES string of the molecule is CCC(C)(C)C(=O)NC(=O)c1c[nH]c2ncc(-c3ccc(C(=O)NCc4ccc(F)cc4)s3)nc12. The van der Waals surface area contributed by atoms with Crippen LogP contribution in [0, 0.1) is 11.2 Å². The summed E-state index contributed by atoms with van der Waals surface area (Å²) in [5.41, 5.74) is 1.56. The van der Waals surface area contributed by atoms with Crippen LogP contribution in [0.5, 0.6) is 0 Å². The second-order valence-electron chi connectivity index (χ2n) is 8.65. The fourth-order valence-corrected chi connectivity index (χ4v) is 4.03. The molecule has 0 bridgehead atoms. The first-order chi connectivity index (χ1) is 16.7. The quantitative estimate of drug-likeness (QED) is 0.352. The third-order valence-corrected chi connectivity index (χ3v) is 6.91. The summed E-state index contributed by atoms with van der Waals surface area (Å²) in [6.45, 7) is 5.69. The molecule has 0 unspecified atom stereocenters. The summed E-state index contributed by atoms with van der Waals surface area (Å²) in [4.78, 5) is 50.7. The molecule has 0 atom stereocenters. The molecule has 3 heterocycles. The molecule has 0 aliphatic rings. The molecule has 8 nitrogen and oxygen atoms in total. The van der Waals surface area contributed by atoms with E-state index in [9.17, 15) is 18.8 Å². The minimum Gasteiger partial charge on any atom is -0.347 e. The summed E-state index contributed by atoms with van der Waals surface area (Å²) < 4.78 is 13.0. The Morgan fingerprint density at radius 1 is 1.09 bits per heavy atom. The summed E-state index contributed by atoms with van der Waals surface area (Å²) in [6.07, 6.45) is 3.61. The summed E-state index contributed by atoms with van der Waals surface area (Å²) in [5, 5.41) is 5.24. The lowest BCUT2D eigenvalue weighted by Crippen LogP contribution is -2.40. The van der Waals surface area contributed by atoms with Gasteiger partial charge in [0, 0.05) is 18.2 Å². The highest BCUT2D eigenvalue weighted by molar-refractivity contribution is 7.17. The van der Waals surface area contributed by atoms with E-state index in [1.54, 1.807) is 44.3 Å². The van der Waals surface area contributed by atoms with Gasteiger partial charge in [0.15, 0.2) is 5.65 Å². The zero-order chi connectivity index (χ0) is 25.2. The van der Waals surface area contributed by atoms with E-state index in [0.717, 1.165) is 5.56 Å². The summed E-state index contributed by atoms with van der Waals surface area (Å²) >= 11 is 1.23. The van der Waals surface area contributed by atoms with Crippen molar-refractivity contribution in [2.45, 2.75) is 33.7 Å². The van der Waals surface area contributed by atoms with Crippen molar-refractivity contribution >= 4 is 40.2 Å². The van der Waals surface area contributed by atoms with Crippen LogP contribution < -0.4 is 10.6 Å². The van der Waals surface area contributed by atoms with Gasteiger partial charge in [-0.3, -0.25) is 19.7 Å². The fourth-order valence-electron chi connectivity index (χ4n) is 3.15. The number of rotatable bonds is 7. The Balaban J connectivity index is 1.51. The number of carbonyl (C=O) groups is 3. The first-order valence-electron chi connectivity index (χ1n) is 11.0. The van der Waals surface area contributed by atoms with Gasteiger partial charge in [-0.2, -0.15) is 0 Å². The molecule has 0 spiro atoms. The van der Waals surface area contributed by atoms with Crippen LogP contribution in [-0.4, -0.2) is 32.7 Å². The lowest BCUT2D eigenvalue weighted by atomic mass is 9.89. The number of aromatic nitrogens is 3. The molecule has 0 fully saturated rings. The van der Waals surface area contributed by atoms with Gasteiger partial charge in [0.2, 0.25) is 5.91 Å². The number of nitrogens with one attached hydrogen (secondary N) is 3. The average molecular weight is 494 g/mol. The first kappa shape index (κ1) is 24.2. The molecule has 0 radical (unpaired) electrons. The zero-order valence-electron chi connectivity index (χ0n) is 19.4. The normalized spacial score (nSPS) is 11.4. The Bertz CT molecular complexity index is 1410. The van der Waals surface area contributed by atoms with Crippen molar-refractivity contribution in [1.82, 2.24) is 25.6 Å². The number of carbonyl (C=O) groups excluding carboxylic acids is 3. The van der Waals surface area contributed by atoms with Gasteiger partial charge in [-0.15, -0.1) is 11.3 Å². The lowest BCUT2D eigenvalue weighted by Gasteiger charge is -2.20. The summed E-state index contributed by atoms with van der Waals surface area (Å²) in [6, 6.07) is 9.35. The molecule has 3 aromatic heterocycles. The molecule has 3 amide bonds. The van der Waals surface area contributed by atoms with Crippen LogP contribution in [0.2, 0.25) is 0 Å². The van der Waals surface area contributed by atoms with Crippen LogP contribution in [-0.2, 0) is 11.3 Å². The van der Waals surface area contributed by atoms with Crippen LogP contribution in [0.25, 0.3) is 21.7 Å². The number of aromatic amines is 1. The van der Waals surface area contributed by atoms with E-state index in [2.05, 4.69) is 25.6 Å². The van der Waals surface area contributed by atoms with Gasteiger partial charge >= 0.3 is 0 Å². The topological polar surface area (TPSA) is 117 Å². The second kappa shape index (κ2) is 9.75. The van der Waals surface area contributed by atoms with Crippen molar-refractivity contribution in [1.29, 1.82) is 0 Å². The molecule has 180 valence electrons. The lowest BCUT2D eigenvalue weighted by molar-refractivity contribution is -0.128. The molecule has 0 saturated carbocycles. The van der Waals surface area contributed by atoms with Crippen molar-refractivity contribution in [2.24, 2.45) is 5.41 Å². The van der Waals surface area contributed by atoms with Gasteiger partial charge in [0.1, 0.15) is 11.3 Å². The van der Waals surface area contributed by atoms with E-state index in [-0.39, 0.29) is 29.7 Å². The Hall–Kier alpha value is -3.92. The molecule has 0 aliphatic carbocycles. The maximum Gasteiger partial charge on any atom is 0.261 e. The molecule has 3 N–H and O–H groups in total. The van der Waals surface area contributed by atoms with Crippen molar-refractivity contribution in [2.75, 3.05) is 0 Å². The largest absolute Gasteiger partial charge is 0.347 e. The second-order valence-corrected chi connectivity index (χ2v) is 9.73. The van der Waals surface area contributed by atoms with Gasteiger partial charge in [-0.25, -0.2) is 14.4 Å². The van der Waals surface area contributed by atoms with Crippen molar-refractivity contribution in [3.63, 3.8) is 0 Å². The minimum absolute atomic E-state index is 0.212. The standard InChI is InChI=1S/C25H24FN5O3S/c1-4-25(2,3)24(34)31-22(32)16-12-27-21-20(16)30-17(13-28-21)18-9-10-19(35-18)23(33)29-11-14-5-7-15(26)8-6-14/h5-10,12-13H,4,11H2,1-3H3,(H,27,28)(H,29,33)(H,31,32,34). The molecule has 35 heavy (non-hydrogen) atoms. The van der Waals surface area contributed by atoms with Gasteiger partial charge < -0.3 is 10.3 Å². The molecule has 4 rings (SSSR count). The molecule has 4 aromatic rings. The van der Waals surface area contributed by atoms with Crippen molar-refractivity contribution in [3.05, 3.63) is 70.6 Å². The van der Waals surface area contributed by atoms with Gasteiger partial charge in [0.25, 0.3) is 11.8 Å². The maximum absolute atomic E-state index is 13.0. The van der Waals surface area contributed by atoms with Crippen LogP contribution >= 0.6 is 11.3 Å². The number of hydrogen-bond acceptors (Lipinski definition) is 6. The Morgan fingerprint density at radius 2 is 1.83 bits per heavy atom. The summed E-state index contributed by atoms with van der Waals surface area (Å²) in [7, 11) is 0. The average Bonchev–Trinajstić information content (AvgIpc) is 3.50. The van der Waals surface area contributed by atoms with E-state index in [0.29, 0.717) is 33.0 Å². The fraction of sp³-hybridized carbons (Fsp3) is 0.240. The van der Waals surface area contributed by atoms with Crippen molar-refractivity contribution in [3.8, 4) is 10.6 Å². The van der Waals surface area contributed by atoms with Crippen molar-refractivity contribution < 1.29 is 18.8 Å². The van der Waals surface area contributed by atoms with Crippen LogP contribution in [0.3, 0.4) is 0 Å². The number of benzene rings is 1. The number of imide groups is 1. The molecular formula is C25H24FN5O3S. The van der Waals surface area contributed by atoms with Crippen LogP contribution in [0.1, 0.15) is 52.8 Å². The summed E-state index contributed by atoms with van der Waals surface area (Å²) in [5.74, 6) is -1.52. The van der Waals surface area contributed by atoms with Gasteiger partial charge in [-0.1, -0.05) is 32.9 Å². The maximum atomic E-state index is 13.0. The molecule has 1 aromatic carbocycles. The zero-order valence-corrected chi connectivity index (χ0v) is 20.3. The first-order valence-corrected chi connectivity index (χ1v) is 11.8. The minimum atomic E-state index is -0.677. The van der Waals surface area contributed by atoms with E-state index in [4.69, 9.17) is 0 Å². The molecule has 0 saturated heterocycles. The Morgan fingerprint density at radius 3 is 2.54 bits per heavy atom. The van der Waals surface area contributed by atoms with E-state index >= 15 is 0 Å². The number of amides is 3. The van der Waals surface area contributed by atoms with E-state index in [1.165, 1.54) is 29.7 Å². The van der Waals surface area contributed by atoms with Gasteiger partial charge in [0.05, 0.1) is 27.2 Å². The number of H-pyrrole nitrogens is 1. The highest BCUT2D eigenvalue weighted by Crippen LogP contribution is 2.28. The number of fused-ring (bicyclic) bond motifs is 1. The third kappa shape index (κ3) is 5.27.